The van der Waals surface area contributed by atoms with Crippen molar-refractivity contribution in [3.63, 3.8) is 0 Å². The van der Waals surface area contributed by atoms with Crippen LogP contribution in [0.2, 0.25) is 0 Å². The molecular formula is C44H38BN2OS. The Bertz CT molecular complexity index is 2690. The van der Waals surface area contributed by atoms with Gasteiger partial charge in [-0.05, 0) is 101 Å². The van der Waals surface area contributed by atoms with Gasteiger partial charge in [0.05, 0.1) is 27.1 Å². The third kappa shape index (κ3) is 4.09. The summed E-state index contributed by atoms with van der Waals surface area (Å²) in [4.78, 5) is 6.41. The number of H-pyrrole nitrogens is 1. The van der Waals surface area contributed by atoms with Gasteiger partial charge in [-0.15, -0.1) is 11.3 Å². The monoisotopic (exact) mass is 653 g/mol. The van der Waals surface area contributed by atoms with E-state index in [9.17, 15) is 0 Å². The van der Waals surface area contributed by atoms with E-state index in [1.807, 2.05) is 11.3 Å². The number of nitrogens with one attached hydrogen (secondary N) is 1. The van der Waals surface area contributed by atoms with E-state index in [2.05, 4.69) is 150 Å². The van der Waals surface area contributed by atoms with Crippen LogP contribution >= 0.6 is 11.3 Å². The minimum Gasteiger partial charge on any atom is -0.469 e. The molecule has 2 aliphatic rings. The molecule has 8 aromatic rings. The third-order valence-electron chi connectivity index (χ3n) is 11.5. The molecule has 5 heteroatoms. The lowest BCUT2D eigenvalue weighted by atomic mass is 9.60. The minimum atomic E-state index is 0.0946. The molecule has 10 rings (SSSR count). The summed E-state index contributed by atoms with van der Waals surface area (Å²) in [6.07, 6.45) is 2.38. The number of fused-ring (bicyclic) bond motifs is 10. The van der Waals surface area contributed by atoms with Gasteiger partial charge in [-0.1, -0.05) is 88.4 Å². The van der Waals surface area contributed by atoms with Crippen LogP contribution < -0.4 is 16.0 Å². The summed E-state index contributed by atoms with van der Waals surface area (Å²) in [6, 6.07) is 33.7. The maximum Gasteiger partial charge on any atom is 0.247 e. The van der Waals surface area contributed by atoms with Crippen LogP contribution in [-0.2, 0) is 10.8 Å². The highest BCUT2D eigenvalue weighted by molar-refractivity contribution is 7.26. The van der Waals surface area contributed by atoms with Gasteiger partial charge in [-0.2, -0.15) is 0 Å². The van der Waals surface area contributed by atoms with Crippen LogP contribution in [0.4, 0.5) is 17.1 Å². The number of para-hydroxylation sites is 2. The second-order valence-electron chi connectivity index (χ2n) is 15.6. The molecule has 0 amide bonds. The molecule has 1 N–H and O–H groups in total. The van der Waals surface area contributed by atoms with Crippen LogP contribution in [0.15, 0.2) is 95.4 Å². The number of rotatable bonds is 2. The van der Waals surface area contributed by atoms with Crippen LogP contribution in [0.1, 0.15) is 62.8 Å². The van der Waals surface area contributed by atoms with Crippen molar-refractivity contribution in [2.45, 2.75) is 65.2 Å². The SMILES string of the molecule is Cc1cc(-c2cccc3c2[nH]c2c4ccccc4sc32)c2c(c1)N(c1cc3c(cc1C)C(C)(C)CCC3(C)C)c1c(oc3ccccc13)[B]2. The molecule has 49 heavy (non-hydrogen) atoms. The van der Waals surface area contributed by atoms with Gasteiger partial charge in [0, 0.05) is 37.8 Å². The molecule has 3 aromatic heterocycles. The fourth-order valence-corrected chi connectivity index (χ4v) is 9.95. The van der Waals surface area contributed by atoms with Crippen LogP contribution in [-0.4, -0.2) is 12.3 Å². The molecule has 0 saturated carbocycles. The second kappa shape index (κ2) is 9.92. The predicted molar refractivity (Wildman–Crippen MR) is 211 cm³/mol. The highest BCUT2D eigenvalue weighted by Gasteiger charge is 2.39. The molecule has 4 heterocycles. The number of hydrogen-bond donors (Lipinski definition) is 1. The summed E-state index contributed by atoms with van der Waals surface area (Å²) < 4.78 is 9.35. The quantitative estimate of drug-likeness (QED) is 0.188. The Hall–Kier alpha value is -4.74. The maximum absolute atomic E-state index is 6.71. The molecule has 0 spiro atoms. The third-order valence-corrected chi connectivity index (χ3v) is 12.7. The molecule has 1 radical (unpaired) electrons. The summed E-state index contributed by atoms with van der Waals surface area (Å²) in [5.41, 5.74) is 17.1. The Kier molecular flexibility index (Phi) is 5.91. The van der Waals surface area contributed by atoms with Gasteiger partial charge in [-0.3, -0.25) is 0 Å². The fourth-order valence-electron chi connectivity index (χ4n) is 8.76. The number of aromatic amines is 1. The number of aromatic nitrogens is 1. The van der Waals surface area contributed by atoms with Crippen molar-refractivity contribution in [1.82, 2.24) is 4.98 Å². The Morgan fingerprint density at radius 1 is 0.714 bits per heavy atom. The van der Waals surface area contributed by atoms with Crippen molar-refractivity contribution in [3.8, 4) is 11.1 Å². The van der Waals surface area contributed by atoms with Gasteiger partial charge in [0.2, 0.25) is 7.28 Å². The Labute approximate surface area is 291 Å². The first kappa shape index (κ1) is 29.2. The molecule has 239 valence electrons. The van der Waals surface area contributed by atoms with Crippen LogP contribution in [0.25, 0.3) is 53.3 Å². The van der Waals surface area contributed by atoms with E-state index in [-0.39, 0.29) is 10.8 Å². The number of nitrogens with zero attached hydrogens (tertiary/aromatic N) is 1. The summed E-state index contributed by atoms with van der Waals surface area (Å²) in [5, 5.41) is 3.70. The summed E-state index contributed by atoms with van der Waals surface area (Å²) in [5.74, 6) is 0. The van der Waals surface area contributed by atoms with Crippen molar-refractivity contribution in [1.29, 1.82) is 0 Å². The van der Waals surface area contributed by atoms with Crippen molar-refractivity contribution >= 4 is 89.0 Å². The molecule has 0 unspecified atom stereocenters. The number of furan rings is 1. The lowest BCUT2D eigenvalue weighted by Crippen LogP contribution is -2.40. The van der Waals surface area contributed by atoms with Gasteiger partial charge in [0.1, 0.15) is 5.58 Å². The van der Waals surface area contributed by atoms with E-state index in [1.54, 1.807) is 0 Å². The summed E-state index contributed by atoms with van der Waals surface area (Å²) in [7, 11) is 2.29. The number of thiophene rings is 1. The molecule has 0 bridgehead atoms. The lowest BCUT2D eigenvalue weighted by molar-refractivity contribution is 0.332. The standard InChI is InChI=1S/C44H38BN2OS/c1-24-20-30(26-14-11-15-29-38(26)46-39-28-13-8-10-17-36(28)49-41(29)39)37-34(21-24)47(40-27-12-7-9-16-35(27)48-42(40)45-37)33-23-32-31(22-25(33)2)43(3,4)18-19-44(32,5)6/h7-17,20-23,46H,18-19H2,1-6H3. The van der Waals surface area contributed by atoms with E-state index in [1.165, 1.54) is 94.3 Å². The Morgan fingerprint density at radius 2 is 1.43 bits per heavy atom. The Balaban J connectivity index is 1.26. The normalized spacial score (nSPS) is 16.2. The second-order valence-corrected chi connectivity index (χ2v) is 16.7. The van der Waals surface area contributed by atoms with Crippen molar-refractivity contribution in [2.75, 3.05) is 4.90 Å². The van der Waals surface area contributed by atoms with E-state index >= 15 is 0 Å². The number of hydrogen-bond acceptors (Lipinski definition) is 3. The first-order valence-electron chi connectivity index (χ1n) is 17.5. The first-order valence-corrected chi connectivity index (χ1v) is 18.3. The molecule has 3 nitrogen and oxygen atoms in total. The smallest absolute Gasteiger partial charge is 0.247 e. The molecule has 0 fully saturated rings. The van der Waals surface area contributed by atoms with Gasteiger partial charge < -0.3 is 14.3 Å². The highest BCUT2D eigenvalue weighted by Crippen LogP contribution is 2.51. The van der Waals surface area contributed by atoms with E-state index in [0.717, 1.165) is 22.3 Å². The molecule has 1 aliphatic carbocycles. The topological polar surface area (TPSA) is 32.2 Å². The molecule has 0 saturated heterocycles. The molecule has 1 aliphatic heterocycles. The van der Waals surface area contributed by atoms with Crippen LogP contribution in [0.5, 0.6) is 0 Å². The van der Waals surface area contributed by atoms with E-state index < -0.39 is 0 Å². The molecule has 5 aromatic carbocycles. The molecule has 0 atom stereocenters. The van der Waals surface area contributed by atoms with Crippen molar-refractivity contribution in [3.05, 3.63) is 113 Å². The predicted octanol–water partition coefficient (Wildman–Crippen LogP) is 11.4. The molecular weight excluding hydrogens is 615 g/mol. The lowest BCUT2D eigenvalue weighted by Gasteiger charge is -2.43. The summed E-state index contributed by atoms with van der Waals surface area (Å²) >= 11 is 1.87. The zero-order valence-electron chi connectivity index (χ0n) is 28.9. The first-order chi connectivity index (χ1) is 23.6. The van der Waals surface area contributed by atoms with E-state index in [0.29, 0.717) is 0 Å². The summed E-state index contributed by atoms with van der Waals surface area (Å²) in [6.45, 7) is 14.2. The van der Waals surface area contributed by atoms with Crippen LogP contribution in [0, 0.1) is 13.8 Å². The van der Waals surface area contributed by atoms with Crippen molar-refractivity contribution in [2.24, 2.45) is 0 Å². The van der Waals surface area contributed by atoms with Crippen molar-refractivity contribution < 1.29 is 4.42 Å². The Morgan fingerprint density at radius 3 is 2.24 bits per heavy atom. The largest absolute Gasteiger partial charge is 0.469 e. The number of anilines is 3. The fraction of sp³-hybridized carbons (Fsp3) is 0.227. The van der Waals surface area contributed by atoms with Crippen LogP contribution in [0.3, 0.4) is 0 Å². The minimum absolute atomic E-state index is 0.0946. The zero-order chi connectivity index (χ0) is 33.4. The van der Waals surface area contributed by atoms with E-state index in [4.69, 9.17) is 4.42 Å². The number of benzene rings is 5. The van der Waals surface area contributed by atoms with Gasteiger partial charge in [0.15, 0.2) is 0 Å². The average Bonchev–Trinajstić information content (AvgIpc) is 3.75. The van der Waals surface area contributed by atoms with Gasteiger partial charge in [0.25, 0.3) is 0 Å². The number of aryl methyl sites for hydroxylation is 2. The van der Waals surface area contributed by atoms with Gasteiger partial charge >= 0.3 is 0 Å². The maximum atomic E-state index is 6.71. The van der Waals surface area contributed by atoms with Gasteiger partial charge in [-0.25, -0.2) is 0 Å². The zero-order valence-corrected chi connectivity index (χ0v) is 29.7. The average molecular weight is 654 g/mol. The highest BCUT2D eigenvalue weighted by atomic mass is 32.1.